The Bertz CT molecular complexity index is 704. The lowest BCUT2D eigenvalue weighted by atomic mass is 10.00. The molecule has 0 saturated carbocycles. The van der Waals surface area contributed by atoms with E-state index in [0.717, 1.165) is 12.1 Å². The predicted octanol–water partition coefficient (Wildman–Crippen LogP) is 4.52. The zero-order valence-electron chi connectivity index (χ0n) is 10.8. The Morgan fingerprint density at radius 2 is 1.62 bits per heavy atom. The van der Waals surface area contributed by atoms with E-state index < -0.39 is 29.2 Å². The third kappa shape index (κ3) is 3.09. The second-order valence-electron chi connectivity index (χ2n) is 4.50. The van der Waals surface area contributed by atoms with Crippen molar-refractivity contribution < 1.29 is 26.7 Å². The Morgan fingerprint density at radius 3 is 2.14 bits per heavy atom. The van der Waals surface area contributed by atoms with Crippen LogP contribution in [-0.4, -0.2) is 5.78 Å². The van der Waals surface area contributed by atoms with Gasteiger partial charge in [-0.2, -0.15) is 13.2 Å². The Kier molecular flexibility index (Phi) is 3.80. The van der Waals surface area contributed by atoms with Gasteiger partial charge in [-0.1, -0.05) is 12.1 Å². The summed E-state index contributed by atoms with van der Waals surface area (Å²) in [6.45, 7) is 1.62. The molecule has 2 aromatic carbocycles. The highest BCUT2D eigenvalue weighted by molar-refractivity contribution is 6.09. The van der Waals surface area contributed by atoms with Crippen LogP contribution >= 0.6 is 0 Å². The highest BCUT2D eigenvalue weighted by atomic mass is 19.4. The van der Waals surface area contributed by atoms with Crippen LogP contribution < -0.4 is 0 Å². The Hall–Kier alpha value is -2.24. The summed E-state index contributed by atoms with van der Waals surface area (Å²) in [5.41, 5.74) is -1.55. The molecule has 0 aliphatic carbocycles. The normalized spacial score (nSPS) is 11.5. The van der Waals surface area contributed by atoms with Crippen LogP contribution in [0.5, 0.6) is 0 Å². The van der Waals surface area contributed by atoms with Crippen molar-refractivity contribution in [2.45, 2.75) is 13.1 Å². The van der Waals surface area contributed by atoms with Crippen LogP contribution in [0.1, 0.15) is 27.0 Å². The van der Waals surface area contributed by atoms with Crippen molar-refractivity contribution >= 4 is 5.78 Å². The van der Waals surface area contributed by atoms with Gasteiger partial charge in [0.1, 0.15) is 11.6 Å². The average molecular weight is 300 g/mol. The first-order valence-corrected chi connectivity index (χ1v) is 5.88. The second-order valence-corrected chi connectivity index (χ2v) is 4.50. The van der Waals surface area contributed by atoms with E-state index in [1.807, 2.05) is 0 Å². The fourth-order valence-electron chi connectivity index (χ4n) is 1.85. The highest BCUT2D eigenvalue weighted by Gasteiger charge is 2.34. The van der Waals surface area contributed by atoms with Gasteiger partial charge in [0.25, 0.3) is 0 Å². The molecule has 0 aliphatic heterocycles. The van der Waals surface area contributed by atoms with Gasteiger partial charge in [-0.05, 0) is 36.8 Å². The summed E-state index contributed by atoms with van der Waals surface area (Å²) < 4.78 is 64.4. The van der Waals surface area contributed by atoms with Crippen LogP contribution in [0.2, 0.25) is 0 Å². The minimum absolute atomic E-state index is 0.320. The molecule has 0 saturated heterocycles. The van der Waals surface area contributed by atoms with E-state index in [2.05, 4.69) is 0 Å². The molecule has 0 aromatic heterocycles. The SMILES string of the molecule is Cc1ccc(C(=O)c2ccc(C(F)(F)F)c(F)c2)c(F)c1. The number of ketones is 1. The summed E-state index contributed by atoms with van der Waals surface area (Å²) in [7, 11) is 0. The molecule has 0 heterocycles. The van der Waals surface area contributed by atoms with Gasteiger partial charge in [0.2, 0.25) is 0 Å². The summed E-state index contributed by atoms with van der Waals surface area (Å²) in [6.07, 6.45) is -4.85. The van der Waals surface area contributed by atoms with Gasteiger partial charge in [0.05, 0.1) is 11.1 Å². The molecule has 0 aliphatic rings. The lowest BCUT2D eigenvalue weighted by Gasteiger charge is -2.09. The molecular weight excluding hydrogens is 291 g/mol. The van der Waals surface area contributed by atoms with Crippen LogP contribution in [0, 0.1) is 18.6 Å². The van der Waals surface area contributed by atoms with Crippen molar-refractivity contribution in [3.05, 3.63) is 70.3 Å². The zero-order valence-corrected chi connectivity index (χ0v) is 10.8. The number of carbonyl (C=O) groups is 1. The fourth-order valence-corrected chi connectivity index (χ4v) is 1.85. The molecule has 110 valence electrons. The first-order chi connectivity index (χ1) is 9.70. The first kappa shape index (κ1) is 15.2. The van der Waals surface area contributed by atoms with Gasteiger partial charge in [-0.15, -0.1) is 0 Å². The zero-order chi connectivity index (χ0) is 15.8. The topological polar surface area (TPSA) is 17.1 Å². The van der Waals surface area contributed by atoms with Gasteiger partial charge in [0, 0.05) is 5.56 Å². The summed E-state index contributed by atoms with van der Waals surface area (Å²) in [6, 6.07) is 5.57. The maximum atomic E-state index is 13.7. The molecule has 2 aromatic rings. The Morgan fingerprint density at radius 1 is 0.952 bits per heavy atom. The smallest absolute Gasteiger partial charge is 0.288 e. The number of alkyl halides is 3. The lowest BCUT2D eigenvalue weighted by Crippen LogP contribution is -2.10. The van der Waals surface area contributed by atoms with Crippen LogP contribution in [-0.2, 0) is 6.18 Å². The number of carbonyl (C=O) groups excluding carboxylic acids is 1. The van der Waals surface area contributed by atoms with E-state index in [0.29, 0.717) is 17.7 Å². The summed E-state index contributed by atoms with van der Waals surface area (Å²) in [5, 5.41) is 0. The van der Waals surface area contributed by atoms with Crippen molar-refractivity contribution in [2.75, 3.05) is 0 Å². The molecule has 1 nitrogen and oxygen atoms in total. The maximum Gasteiger partial charge on any atom is 0.419 e. The number of halogens is 5. The molecule has 0 amide bonds. The molecular formula is C15H9F5O. The summed E-state index contributed by atoms with van der Waals surface area (Å²) in [5.74, 6) is -3.25. The lowest BCUT2D eigenvalue weighted by molar-refractivity contribution is -0.140. The van der Waals surface area contributed by atoms with E-state index in [9.17, 15) is 26.7 Å². The van der Waals surface area contributed by atoms with Crippen molar-refractivity contribution in [2.24, 2.45) is 0 Å². The molecule has 0 unspecified atom stereocenters. The average Bonchev–Trinajstić information content (AvgIpc) is 2.36. The number of rotatable bonds is 2. The highest BCUT2D eigenvalue weighted by Crippen LogP contribution is 2.32. The predicted molar refractivity (Wildman–Crippen MR) is 66.0 cm³/mol. The monoisotopic (exact) mass is 300 g/mol. The first-order valence-electron chi connectivity index (χ1n) is 5.88. The molecule has 2 rings (SSSR count). The molecule has 0 N–H and O–H groups in total. The van der Waals surface area contributed by atoms with Gasteiger partial charge < -0.3 is 0 Å². The molecule has 0 atom stereocenters. The van der Waals surface area contributed by atoms with Gasteiger partial charge in [0.15, 0.2) is 5.78 Å². The fraction of sp³-hybridized carbons (Fsp3) is 0.133. The number of hydrogen-bond donors (Lipinski definition) is 0. The van der Waals surface area contributed by atoms with Crippen LogP contribution in [0.3, 0.4) is 0 Å². The number of hydrogen-bond acceptors (Lipinski definition) is 1. The van der Waals surface area contributed by atoms with Gasteiger partial charge in [-0.3, -0.25) is 4.79 Å². The van der Waals surface area contributed by atoms with E-state index in [1.54, 1.807) is 6.92 Å². The summed E-state index contributed by atoms with van der Waals surface area (Å²) >= 11 is 0. The standard InChI is InChI=1S/C15H9F5O/c1-8-2-4-10(12(16)6-8)14(21)9-3-5-11(13(17)7-9)15(18,19)20/h2-7H,1H3. The van der Waals surface area contributed by atoms with E-state index >= 15 is 0 Å². The number of aryl methyl sites for hydroxylation is 1. The third-order valence-corrected chi connectivity index (χ3v) is 2.91. The quantitative estimate of drug-likeness (QED) is 0.588. The largest absolute Gasteiger partial charge is 0.419 e. The molecule has 0 fully saturated rings. The summed E-state index contributed by atoms with van der Waals surface area (Å²) in [4.78, 5) is 12.0. The van der Waals surface area contributed by atoms with Crippen molar-refractivity contribution in [1.29, 1.82) is 0 Å². The maximum absolute atomic E-state index is 13.7. The van der Waals surface area contributed by atoms with Crippen molar-refractivity contribution in [3.8, 4) is 0 Å². The third-order valence-electron chi connectivity index (χ3n) is 2.91. The molecule has 6 heteroatoms. The van der Waals surface area contributed by atoms with Crippen LogP contribution in [0.15, 0.2) is 36.4 Å². The van der Waals surface area contributed by atoms with Gasteiger partial charge in [-0.25, -0.2) is 8.78 Å². The van der Waals surface area contributed by atoms with Crippen molar-refractivity contribution in [3.63, 3.8) is 0 Å². The second kappa shape index (κ2) is 5.27. The minimum Gasteiger partial charge on any atom is -0.288 e. The van der Waals surface area contributed by atoms with E-state index in [1.165, 1.54) is 12.1 Å². The van der Waals surface area contributed by atoms with Gasteiger partial charge >= 0.3 is 6.18 Å². The van der Waals surface area contributed by atoms with Crippen LogP contribution in [0.25, 0.3) is 0 Å². The minimum atomic E-state index is -4.85. The number of benzene rings is 2. The Balaban J connectivity index is 2.43. The molecule has 0 radical (unpaired) electrons. The van der Waals surface area contributed by atoms with Crippen LogP contribution in [0.4, 0.5) is 22.0 Å². The molecule has 0 bridgehead atoms. The van der Waals surface area contributed by atoms with E-state index in [-0.39, 0.29) is 11.1 Å². The van der Waals surface area contributed by atoms with E-state index in [4.69, 9.17) is 0 Å². The molecule has 0 spiro atoms. The Labute approximate surface area is 117 Å². The van der Waals surface area contributed by atoms with Crippen molar-refractivity contribution in [1.82, 2.24) is 0 Å². The molecule has 21 heavy (non-hydrogen) atoms.